The highest BCUT2D eigenvalue weighted by Gasteiger charge is 2.65. The Hall–Kier alpha value is -3.47. The maximum absolute atomic E-state index is 13.8. The number of cyclic esters (lactones) is 1. The van der Waals surface area contributed by atoms with Gasteiger partial charge in [-0.05, 0) is 82.5 Å². The van der Waals surface area contributed by atoms with Crippen molar-refractivity contribution >= 4 is 35.3 Å². The number of benzene rings is 1. The first-order valence-electron chi connectivity index (χ1n) is 14.4. The van der Waals surface area contributed by atoms with Gasteiger partial charge >= 0.3 is 5.97 Å². The molecule has 40 heavy (non-hydrogen) atoms. The lowest BCUT2D eigenvalue weighted by atomic mass is 9.98. The molecule has 0 bridgehead atoms. The van der Waals surface area contributed by atoms with Crippen molar-refractivity contribution in [3.63, 3.8) is 0 Å². The molecule has 11 heteroatoms. The molecule has 1 aromatic carbocycles. The first-order chi connectivity index (χ1) is 19.2. The van der Waals surface area contributed by atoms with E-state index < -0.39 is 24.2 Å². The Morgan fingerprint density at radius 3 is 2.70 bits per heavy atom. The number of carbonyl (C=O) groups is 5. The lowest BCUT2D eigenvalue weighted by Gasteiger charge is -2.36. The van der Waals surface area contributed by atoms with Crippen LogP contribution in [-0.2, 0) is 35.3 Å². The van der Waals surface area contributed by atoms with Gasteiger partial charge in [0.2, 0.25) is 17.7 Å². The number of nitrogens with one attached hydrogen (secondary N) is 4. The highest BCUT2D eigenvalue weighted by atomic mass is 16.5. The standard InChI is InChI=1S/C29H39N5O6/c1-17(30-2)25(36)33-21-9-4-7-19-15-29(19)13-12-22(34(29)28(21)39)26(37)31-16-18-6-3-8-20(14-18)32-27(38)23-10-5-11-24(35)40-23/h3,6,8,14,17,19,21-23,30H,4-5,7,9-13,15-16H2,1-2H3,(H,31,37)(H,32,38)(H,33,36)/t17-,19?,21-,22-,23?,29?/m0/s1. The van der Waals surface area contributed by atoms with Crippen molar-refractivity contribution < 1.29 is 28.7 Å². The van der Waals surface area contributed by atoms with Crippen LogP contribution in [0.5, 0.6) is 0 Å². The summed E-state index contributed by atoms with van der Waals surface area (Å²) in [6, 6.07) is 5.50. The van der Waals surface area contributed by atoms with Crippen LogP contribution >= 0.6 is 0 Å². The van der Waals surface area contributed by atoms with E-state index in [0.29, 0.717) is 43.7 Å². The summed E-state index contributed by atoms with van der Waals surface area (Å²) in [5, 5.41) is 11.6. The van der Waals surface area contributed by atoms with E-state index in [-0.39, 0.29) is 41.7 Å². The Kier molecular flexibility index (Phi) is 8.11. The molecule has 5 rings (SSSR count). The number of nitrogens with zero attached hydrogens (tertiary/aromatic N) is 1. The zero-order valence-corrected chi connectivity index (χ0v) is 23.2. The Morgan fingerprint density at radius 2 is 1.93 bits per heavy atom. The van der Waals surface area contributed by atoms with Crippen molar-refractivity contribution in [1.82, 2.24) is 20.9 Å². The van der Waals surface area contributed by atoms with Crippen LogP contribution in [-0.4, -0.2) is 71.3 Å². The molecule has 3 unspecified atom stereocenters. The van der Waals surface area contributed by atoms with E-state index in [0.717, 1.165) is 31.2 Å². The lowest BCUT2D eigenvalue weighted by Crippen LogP contribution is -2.58. The molecule has 4 N–H and O–H groups in total. The number of hydrogen-bond donors (Lipinski definition) is 4. The van der Waals surface area contributed by atoms with Gasteiger partial charge in [0.05, 0.1) is 6.04 Å². The molecule has 3 aliphatic heterocycles. The van der Waals surface area contributed by atoms with Gasteiger partial charge in [0.15, 0.2) is 6.10 Å². The van der Waals surface area contributed by atoms with Crippen molar-refractivity contribution in [2.24, 2.45) is 5.92 Å². The fourth-order valence-electron chi connectivity index (χ4n) is 6.51. The summed E-state index contributed by atoms with van der Waals surface area (Å²) in [4.78, 5) is 65.7. The Labute approximate surface area is 234 Å². The van der Waals surface area contributed by atoms with Gasteiger partial charge in [0.25, 0.3) is 5.91 Å². The van der Waals surface area contributed by atoms with Crippen molar-refractivity contribution in [1.29, 1.82) is 0 Å². The van der Waals surface area contributed by atoms with Crippen LogP contribution in [0.1, 0.15) is 70.3 Å². The molecular formula is C29H39N5O6. The third-order valence-corrected chi connectivity index (χ3v) is 8.94. The van der Waals surface area contributed by atoms with Gasteiger partial charge in [0, 0.05) is 24.2 Å². The summed E-state index contributed by atoms with van der Waals surface area (Å²) in [7, 11) is 1.70. The average Bonchev–Trinajstić information content (AvgIpc) is 3.49. The minimum absolute atomic E-state index is 0.162. The molecule has 1 aliphatic carbocycles. The zero-order chi connectivity index (χ0) is 28.4. The molecule has 1 saturated carbocycles. The van der Waals surface area contributed by atoms with Crippen LogP contribution in [0.4, 0.5) is 5.69 Å². The SMILES string of the molecule is CN[C@@H](C)C(=O)N[C@H]1CCCC2CC23CC[C@@H](C(=O)NCc2cccc(NC(=O)C4CCCC(=O)O4)c2)N3C1=O. The topological polar surface area (TPSA) is 146 Å². The minimum atomic E-state index is -0.795. The number of carbonyl (C=O) groups excluding carboxylic acids is 5. The quantitative estimate of drug-likeness (QED) is 0.356. The number of likely N-dealkylation sites (N-methyl/N-ethyl adjacent to an activating group) is 1. The summed E-state index contributed by atoms with van der Waals surface area (Å²) in [5.41, 5.74) is 1.06. The third-order valence-electron chi connectivity index (χ3n) is 8.94. The normalized spacial score (nSPS) is 30.1. The molecule has 3 saturated heterocycles. The predicted molar refractivity (Wildman–Crippen MR) is 146 cm³/mol. The number of rotatable bonds is 8. The molecule has 0 radical (unpaired) electrons. The van der Waals surface area contributed by atoms with E-state index in [1.807, 2.05) is 6.07 Å². The molecule has 11 nitrogen and oxygen atoms in total. The third kappa shape index (κ3) is 5.70. The van der Waals surface area contributed by atoms with Gasteiger partial charge < -0.3 is 30.9 Å². The summed E-state index contributed by atoms with van der Waals surface area (Å²) in [6.45, 7) is 1.98. The molecule has 0 aromatic heterocycles. The summed E-state index contributed by atoms with van der Waals surface area (Å²) in [5.74, 6) is -0.930. The molecule has 4 amide bonds. The summed E-state index contributed by atoms with van der Waals surface area (Å²) >= 11 is 0. The maximum Gasteiger partial charge on any atom is 0.306 e. The van der Waals surface area contributed by atoms with Crippen LogP contribution in [0.2, 0.25) is 0 Å². The van der Waals surface area contributed by atoms with E-state index in [2.05, 4.69) is 21.3 Å². The van der Waals surface area contributed by atoms with Crippen LogP contribution < -0.4 is 21.3 Å². The van der Waals surface area contributed by atoms with Crippen LogP contribution in [0.25, 0.3) is 0 Å². The van der Waals surface area contributed by atoms with Crippen LogP contribution in [0.15, 0.2) is 24.3 Å². The second-order valence-corrected chi connectivity index (χ2v) is 11.5. The first-order valence-corrected chi connectivity index (χ1v) is 14.4. The van der Waals surface area contributed by atoms with E-state index in [1.54, 1.807) is 37.1 Å². The van der Waals surface area contributed by atoms with Gasteiger partial charge in [-0.25, -0.2) is 0 Å². The second kappa shape index (κ2) is 11.6. The van der Waals surface area contributed by atoms with Crippen molar-refractivity contribution in [3.8, 4) is 0 Å². The Bertz CT molecular complexity index is 1190. The summed E-state index contributed by atoms with van der Waals surface area (Å²) < 4.78 is 5.15. The average molecular weight is 554 g/mol. The first kappa shape index (κ1) is 28.1. The summed E-state index contributed by atoms with van der Waals surface area (Å²) in [6.07, 6.45) is 5.37. The van der Waals surface area contributed by atoms with Crippen molar-refractivity contribution in [2.75, 3.05) is 12.4 Å². The van der Waals surface area contributed by atoms with Crippen molar-refractivity contribution in [2.45, 2.75) is 101 Å². The second-order valence-electron chi connectivity index (χ2n) is 11.5. The van der Waals surface area contributed by atoms with Crippen LogP contribution in [0, 0.1) is 5.92 Å². The molecule has 6 atom stereocenters. The van der Waals surface area contributed by atoms with E-state index >= 15 is 0 Å². The number of hydrogen-bond acceptors (Lipinski definition) is 7. The van der Waals surface area contributed by atoms with Crippen molar-refractivity contribution in [3.05, 3.63) is 29.8 Å². The van der Waals surface area contributed by atoms with E-state index in [9.17, 15) is 24.0 Å². The number of esters is 1. The van der Waals surface area contributed by atoms with E-state index in [4.69, 9.17) is 4.74 Å². The molecule has 4 fully saturated rings. The van der Waals surface area contributed by atoms with Gasteiger partial charge in [-0.15, -0.1) is 0 Å². The Morgan fingerprint density at radius 1 is 1.10 bits per heavy atom. The highest BCUT2D eigenvalue weighted by molar-refractivity contribution is 5.96. The number of amides is 4. The fourth-order valence-corrected chi connectivity index (χ4v) is 6.51. The van der Waals surface area contributed by atoms with Gasteiger partial charge in [-0.3, -0.25) is 24.0 Å². The molecule has 1 aromatic rings. The molecule has 4 aliphatic rings. The van der Waals surface area contributed by atoms with E-state index in [1.165, 1.54) is 0 Å². The predicted octanol–water partition coefficient (Wildman–Crippen LogP) is 1.36. The molecular weight excluding hydrogens is 514 g/mol. The highest BCUT2D eigenvalue weighted by Crippen LogP contribution is 2.59. The molecule has 3 heterocycles. The maximum atomic E-state index is 13.8. The molecule has 1 spiro atoms. The Balaban J connectivity index is 1.22. The molecule has 216 valence electrons. The minimum Gasteiger partial charge on any atom is -0.452 e. The van der Waals surface area contributed by atoms with Gasteiger partial charge in [0.1, 0.15) is 12.1 Å². The zero-order valence-electron chi connectivity index (χ0n) is 23.2. The smallest absolute Gasteiger partial charge is 0.306 e. The number of ether oxygens (including phenoxy) is 1. The van der Waals surface area contributed by atoms with Crippen LogP contribution in [0.3, 0.4) is 0 Å². The van der Waals surface area contributed by atoms with Gasteiger partial charge in [-0.2, -0.15) is 0 Å². The number of anilines is 1. The lowest BCUT2D eigenvalue weighted by molar-refractivity contribution is -0.158. The van der Waals surface area contributed by atoms with Gasteiger partial charge in [-0.1, -0.05) is 18.6 Å². The monoisotopic (exact) mass is 553 g/mol. The largest absolute Gasteiger partial charge is 0.452 e. The fraction of sp³-hybridized carbons (Fsp3) is 0.621.